The minimum atomic E-state index is -0.756. The molecule has 28 heavy (non-hydrogen) atoms. The predicted octanol–water partition coefficient (Wildman–Crippen LogP) is 4.00. The molecule has 6 nitrogen and oxygen atoms in total. The number of amides is 1. The van der Waals surface area contributed by atoms with Crippen LogP contribution in [0, 0.1) is 0 Å². The lowest BCUT2D eigenvalue weighted by molar-refractivity contribution is -0.137. The van der Waals surface area contributed by atoms with Gasteiger partial charge in [-0.1, -0.05) is 31.0 Å². The average Bonchev–Trinajstić information content (AvgIpc) is 3.25. The minimum Gasteiger partial charge on any atom is -0.481 e. The number of nitrogens with zero attached hydrogens (tertiary/aromatic N) is 1. The number of furan rings is 1. The van der Waals surface area contributed by atoms with E-state index in [0.29, 0.717) is 31.3 Å². The SMILES string of the molecule is CC1Cc2ccccc2N1Cc1ccoc1C(=O)NCCCCCCC(=O)O. The van der Waals surface area contributed by atoms with Gasteiger partial charge < -0.3 is 19.7 Å². The molecule has 1 atom stereocenters. The van der Waals surface area contributed by atoms with Gasteiger partial charge in [-0.3, -0.25) is 9.59 Å². The molecule has 1 aromatic heterocycles. The van der Waals surface area contributed by atoms with Crippen LogP contribution in [0.15, 0.2) is 41.0 Å². The number of fused-ring (bicyclic) bond motifs is 1. The van der Waals surface area contributed by atoms with E-state index < -0.39 is 5.97 Å². The van der Waals surface area contributed by atoms with E-state index in [2.05, 4.69) is 35.3 Å². The molecule has 0 saturated carbocycles. The van der Waals surface area contributed by atoms with E-state index in [0.717, 1.165) is 31.2 Å². The van der Waals surface area contributed by atoms with Crippen LogP contribution in [0.1, 0.15) is 60.7 Å². The largest absolute Gasteiger partial charge is 0.481 e. The molecule has 1 amide bonds. The maximum atomic E-state index is 12.5. The van der Waals surface area contributed by atoms with Gasteiger partial charge >= 0.3 is 5.97 Å². The highest BCUT2D eigenvalue weighted by molar-refractivity contribution is 5.93. The summed E-state index contributed by atoms with van der Waals surface area (Å²) in [7, 11) is 0. The van der Waals surface area contributed by atoms with E-state index in [4.69, 9.17) is 9.52 Å². The number of benzene rings is 1. The smallest absolute Gasteiger partial charge is 0.303 e. The van der Waals surface area contributed by atoms with Crippen LogP contribution in [0.25, 0.3) is 0 Å². The fourth-order valence-electron chi connectivity index (χ4n) is 3.75. The second-order valence-corrected chi connectivity index (χ2v) is 7.40. The maximum absolute atomic E-state index is 12.5. The van der Waals surface area contributed by atoms with Gasteiger partial charge in [0.25, 0.3) is 5.91 Å². The molecule has 0 aliphatic carbocycles. The molecule has 3 rings (SSSR count). The van der Waals surface area contributed by atoms with Crippen molar-refractivity contribution >= 4 is 17.6 Å². The van der Waals surface area contributed by atoms with Gasteiger partial charge in [0.05, 0.1) is 6.26 Å². The van der Waals surface area contributed by atoms with E-state index >= 15 is 0 Å². The first-order chi connectivity index (χ1) is 13.6. The standard InChI is InChI=1S/C22H28N2O4/c1-16-14-17-8-5-6-9-19(17)24(16)15-18-11-13-28-21(18)22(27)23-12-7-3-2-4-10-20(25)26/h5-6,8-9,11,13,16H,2-4,7,10,12,14-15H2,1H3,(H,23,27)(H,25,26). The number of carboxylic acids is 1. The molecule has 0 bridgehead atoms. The fraction of sp³-hybridized carbons (Fsp3) is 0.455. The monoisotopic (exact) mass is 384 g/mol. The highest BCUT2D eigenvalue weighted by Gasteiger charge is 2.27. The maximum Gasteiger partial charge on any atom is 0.303 e. The lowest BCUT2D eigenvalue weighted by atomic mass is 10.1. The van der Waals surface area contributed by atoms with Gasteiger partial charge in [0.15, 0.2) is 5.76 Å². The summed E-state index contributed by atoms with van der Waals surface area (Å²) in [6.45, 7) is 3.41. The summed E-state index contributed by atoms with van der Waals surface area (Å²) in [5.74, 6) is -0.568. The van der Waals surface area contributed by atoms with Crippen LogP contribution in [0.3, 0.4) is 0 Å². The Kier molecular flexibility index (Phi) is 6.74. The fourth-order valence-corrected chi connectivity index (χ4v) is 3.75. The van der Waals surface area contributed by atoms with Crippen molar-refractivity contribution in [3.8, 4) is 0 Å². The molecule has 0 spiro atoms. The summed E-state index contributed by atoms with van der Waals surface area (Å²) < 4.78 is 5.48. The van der Waals surface area contributed by atoms with Crippen molar-refractivity contribution in [3.63, 3.8) is 0 Å². The second kappa shape index (κ2) is 9.44. The number of carboxylic acid groups (broad SMARTS) is 1. The number of hydrogen-bond acceptors (Lipinski definition) is 4. The number of carbonyl (C=O) groups is 2. The van der Waals surface area contributed by atoms with Gasteiger partial charge in [0, 0.05) is 36.8 Å². The third kappa shape index (κ3) is 4.94. The highest BCUT2D eigenvalue weighted by Crippen LogP contribution is 2.33. The molecule has 0 fully saturated rings. The van der Waals surface area contributed by atoms with E-state index in [-0.39, 0.29) is 12.3 Å². The van der Waals surface area contributed by atoms with Crippen molar-refractivity contribution in [1.82, 2.24) is 5.32 Å². The Hall–Kier alpha value is -2.76. The summed E-state index contributed by atoms with van der Waals surface area (Å²) in [6, 6.07) is 10.6. The Morgan fingerprint density at radius 3 is 2.79 bits per heavy atom. The van der Waals surface area contributed by atoms with E-state index in [9.17, 15) is 9.59 Å². The van der Waals surface area contributed by atoms with Crippen molar-refractivity contribution in [2.45, 2.75) is 58.0 Å². The Morgan fingerprint density at radius 2 is 1.96 bits per heavy atom. The third-order valence-corrected chi connectivity index (χ3v) is 5.25. The molecule has 2 heterocycles. The zero-order chi connectivity index (χ0) is 19.9. The molecule has 0 saturated heterocycles. The van der Waals surface area contributed by atoms with Crippen LogP contribution in [0.4, 0.5) is 5.69 Å². The number of rotatable bonds is 10. The van der Waals surface area contributed by atoms with Gasteiger partial charge in [-0.15, -0.1) is 0 Å². The molecule has 150 valence electrons. The van der Waals surface area contributed by atoms with Crippen LogP contribution < -0.4 is 10.2 Å². The molecular formula is C22H28N2O4. The number of hydrogen-bond donors (Lipinski definition) is 2. The van der Waals surface area contributed by atoms with Crippen molar-refractivity contribution in [2.24, 2.45) is 0 Å². The first kappa shape index (κ1) is 20.0. The Labute approximate surface area is 165 Å². The zero-order valence-corrected chi connectivity index (χ0v) is 16.3. The van der Waals surface area contributed by atoms with Crippen LogP contribution in [0.2, 0.25) is 0 Å². The lowest BCUT2D eigenvalue weighted by Gasteiger charge is -2.24. The van der Waals surface area contributed by atoms with Crippen molar-refractivity contribution in [2.75, 3.05) is 11.4 Å². The summed E-state index contributed by atoms with van der Waals surface area (Å²) in [4.78, 5) is 25.3. The van der Waals surface area contributed by atoms with Gasteiger partial charge in [-0.2, -0.15) is 0 Å². The molecule has 1 unspecified atom stereocenters. The number of para-hydroxylation sites is 1. The average molecular weight is 384 g/mol. The Balaban J connectivity index is 1.50. The quantitative estimate of drug-likeness (QED) is 0.605. The Morgan fingerprint density at radius 1 is 1.18 bits per heavy atom. The molecule has 2 aromatic rings. The lowest BCUT2D eigenvalue weighted by Crippen LogP contribution is -2.30. The van der Waals surface area contributed by atoms with Crippen LogP contribution in [0.5, 0.6) is 0 Å². The number of nitrogens with one attached hydrogen (secondary N) is 1. The molecule has 1 aliphatic heterocycles. The molecule has 1 aromatic carbocycles. The van der Waals surface area contributed by atoms with E-state index in [1.807, 2.05) is 12.1 Å². The van der Waals surface area contributed by atoms with Crippen molar-refractivity contribution < 1.29 is 19.1 Å². The number of anilines is 1. The summed E-state index contributed by atoms with van der Waals surface area (Å²) in [6.07, 6.45) is 6.07. The zero-order valence-electron chi connectivity index (χ0n) is 16.3. The Bertz CT molecular complexity index is 814. The molecule has 0 radical (unpaired) electrons. The summed E-state index contributed by atoms with van der Waals surface area (Å²) in [5, 5.41) is 11.5. The normalized spacial score (nSPS) is 15.5. The number of carbonyl (C=O) groups excluding carboxylic acids is 1. The van der Waals surface area contributed by atoms with Crippen LogP contribution in [-0.2, 0) is 17.8 Å². The molecule has 1 aliphatic rings. The number of unbranched alkanes of at least 4 members (excludes halogenated alkanes) is 3. The van der Waals surface area contributed by atoms with Gasteiger partial charge in [0.1, 0.15) is 0 Å². The van der Waals surface area contributed by atoms with Gasteiger partial charge in [-0.05, 0) is 43.9 Å². The molecule has 6 heteroatoms. The third-order valence-electron chi connectivity index (χ3n) is 5.25. The highest BCUT2D eigenvalue weighted by atomic mass is 16.4. The summed E-state index contributed by atoms with van der Waals surface area (Å²) >= 11 is 0. The van der Waals surface area contributed by atoms with Gasteiger partial charge in [-0.25, -0.2) is 0 Å². The van der Waals surface area contributed by atoms with Crippen molar-refractivity contribution in [3.05, 3.63) is 53.5 Å². The van der Waals surface area contributed by atoms with Gasteiger partial charge in [0.2, 0.25) is 0 Å². The topological polar surface area (TPSA) is 82.8 Å². The minimum absolute atomic E-state index is 0.189. The van der Waals surface area contributed by atoms with E-state index in [1.165, 1.54) is 11.3 Å². The van der Waals surface area contributed by atoms with Crippen LogP contribution >= 0.6 is 0 Å². The second-order valence-electron chi connectivity index (χ2n) is 7.40. The molecular weight excluding hydrogens is 356 g/mol. The first-order valence-electron chi connectivity index (χ1n) is 9.97. The number of aliphatic carboxylic acids is 1. The van der Waals surface area contributed by atoms with Crippen LogP contribution in [-0.4, -0.2) is 29.6 Å². The summed E-state index contributed by atoms with van der Waals surface area (Å²) in [5.41, 5.74) is 3.46. The van der Waals surface area contributed by atoms with Crippen molar-refractivity contribution in [1.29, 1.82) is 0 Å². The predicted molar refractivity (Wildman–Crippen MR) is 108 cm³/mol. The first-order valence-corrected chi connectivity index (χ1v) is 9.97. The molecule has 2 N–H and O–H groups in total. The van der Waals surface area contributed by atoms with E-state index in [1.54, 1.807) is 6.26 Å².